The maximum atomic E-state index is 5.50. The Morgan fingerprint density at radius 1 is 1.25 bits per heavy atom. The van der Waals surface area contributed by atoms with Gasteiger partial charge in [-0.05, 0) is 25.5 Å². The number of nitrogens with one attached hydrogen (secondary N) is 2. The molecule has 2 unspecified atom stereocenters. The summed E-state index contributed by atoms with van der Waals surface area (Å²) in [5, 5.41) is 6.89. The van der Waals surface area contributed by atoms with Gasteiger partial charge in [0.2, 0.25) is 0 Å². The van der Waals surface area contributed by atoms with Crippen molar-refractivity contribution < 1.29 is 4.74 Å². The molecular weight excluding hydrogens is 200 g/mol. The average Bonchev–Trinajstić information content (AvgIpc) is 2.72. The second-order valence-electron chi connectivity index (χ2n) is 4.22. The van der Waals surface area contributed by atoms with Crippen molar-refractivity contribution in [3.63, 3.8) is 0 Å². The predicted molar refractivity (Wildman–Crippen MR) is 66.8 cm³/mol. The Balaban J connectivity index is 1.62. The molecule has 16 heavy (non-hydrogen) atoms. The van der Waals surface area contributed by atoms with Gasteiger partial charge in [0, 0.05) is 31.4 Å². The highest BCUT2D eigenvalue weighted by Crippen LogP contribution is 2.12. The van der Waals surface area contributed by atoms with Crippen LogP contribution in [0.3, 0.4) is 0 Å². The molecule has 1 heterocycles. The molecule has 3 nitrogen and oxygen atoms in total. The largest absolute Gasteiger partial charge is 0.384 e. The smallest absolute Gasteiger partial charge is 0.0700 e. The van der Waals surface area contributed by atoms with E-state index < -0.39 is 0 Å². The monoisotopic (exact) mass is 220 g/mol. The third-order valence-electron chi connectivity index (χ3n) is 3.01. The van der Waals surface area contributed by atoms with Gasteiger partial charge in [-0.15, -0.1) is 0 Å². The second-order valence-corrected chi connectivity index (χ2v) is 4.22. The summed E-state index contributed by atoms with van der Waals surface area (Å²) in [5.41, 5.74) is 1.18. The molecule has 1 aromatic carbocycles. The topological polar surface area (TPSA) is 33.3 Å². The van der Waals surface area contributed by atoms with E-state index in [-0.39, 0.29) is 0 Å². The molecule has 88 valence electrons. The molecule has 0 radical (unpaired) electrons. The van der Waals surface area contributed by atoms with Gasteiger partial charge >= 0.3 is 0 Å². The van der Waals surface area contributed by atoms with Crippen molar-refractivity contribution in [2.24, 2.45) is 0 Å². The van der Waals surface area contributed by atoms with Crippen LogP contribution >= 0.6 is 0 Å². The molecule has 1 aliphatic heterocycles. The zero-order chi connectivity index (χ0) is 11.2. The second kappa shape index (κ2) is 5.87. The van der Waals surface area contributed by atoms with Crippen molar-refractivity contribution in [3.8, 4) is 0 Å². The highest BCUT2D eigenvalue weighted by molar-refractivity contribution is 5.42. The Kier molecular flexibility index (Phi) is 4.19. The number of hydrogen-bond acceptors (Lipinski definition) is 3. The fraction of sp³-hybridized carbons (Fsp3) is 0.538. The van der Waals surface area contributed by atoms with E-state index in [0.717, 1.165) is 26.1 Å². The van der Waals surface area contributed by atoms with Crippen LogP contribution in [-0.4, -0.2) is 31.8 Å². The van der Waals surface area contributed by atoms with Crippen molar-refractivity contribution in [2.45, 2.75) is 25.5 Å². The first-order chi connectivity index (χ1) is 7.86. The van der Waals surface area contributed by atoms with E-state index >= 15 is 0 Å². The van der Waals surface area contributed by atoms with Gasteiger partial charge in [-0.2, -0.15) is 0 Å². The third-order valence-corrected chi connectivity index (χ3v) is 3.01. The van der Waals surface area contributed by atoms with Gasteiger partial charge in [-0.3, -0.25) is 0 Å². The van der Waals surface area contributed by atoms with Crippen LogP contribution in [0.4, 0.5) is 5.69 Å². The molecule has 0 spiro atoms. The molecule has 1 aliphatic rings. The highest BCUT2D eigenvalue weighted by Gasteiger charge is 2.22. The summed E-state index contributed by atoms with van der Waals surface area (Å²) in [4.78, 5) is 0. The maximum Gasteiger partial charge on any atom is 0.0700 e. The predicted octanol–water partition coefficient (Wildman–Crippen LogP) is 1.87. The van der Waals surface area contributed by atoms with E-state index in [0.29, 0.717) is 12.1 Å². The molecular formula is C13H20N2O. The Bertz CT molecular complexity index is 302. The number of ether oxygens (including phenoxy) is 1. The summed E-state index contributed by atoms with van der Waals surface area (Å²) in [6, 6.07) is 10.8. The highest BCUT2D eigenvalue weighted by atomic mass is 16.5. The zero-order valence-corrected chi connectivity index (χ0v) is 9.78. The van der Waals surface area contributed by atoms with Crippen molar-refractivity contribution in [2.75, 3.05) is 25.0 Å². The molecule has 0 bridgehead atoms. The van der Waals surface area contributed by atoms with Crippen LogP contribution in [-0.2, 0) is 4.74 Å². The molecule has 1 aromatic rings. The van der Waals surface area contributed by atoms with Crippen molar-refractivity contribution in [1.82, 2.24) is 5.32 Å². The summed E-state index contributed by atoms with van der Waals surface area (Å²) in [5.74, 6) is 0. The molecule has 0 aromatic heterocycles. The Morgan fingerprint density at radius 3 is 2.75 bits per heavy atom. The molecule has 1 saturated heterocycles. The van der Waals surface area contributed by atoms with Crippen LogP contribution in [0, 0.1) is 0 Å². The molecule has 1 fully saturated rings. The van der Waals surface area contributed by atoms with Crippen LogP contribution in [0.25, 0.3) is 0 Å². The van der Waals surface area contributed by atoms with Crippen molar-refractivity contribution in [3.05, 3.63) is 30.3 Å². The summed E-state index contributed by atoms with van der Waals surface area (Å²) < 4.78 is 5.50. The standard InChI is InChI=1S/C13H20N2O/c1-11-13(7-10-16-11)15-9-8-14-12-5-3-2-4-6-12/h2-6,11,13-15H,7-10H2,1H3. The van der Waals surface area contributed by atoms with Gasteiger partial charge in [-0.25, -0.2) is 0 Å². The van der Waals surface area contributed by atoms with Crippen LogP contribution in [0.2, 0.25) is 0 Å². The maximum absolute atomic E-state index is 5.50. The molecule has 0 amide bonds. The molecule has 2 rings (SSSR count). The quantitative estimate of drug-likeness (QED) is 0.743. The Hall–Kier alpha value is -1.06. The van der Waals surface area contributed by atoms with E-state index in [2.05, 4.69) is 29.7 Å². The van der Waals surface area contributed by atoms with Crippen LogP contribution < -0.4 is 10.6 Å². The third kappa shape index (κ3) is 3.22. The van der Waals surface area contributed by atoms with Gasteiger partial charge < -0.3 is 15.4 Å². The van der Waals surface area contributed by atoms with Crippen molar-refractivity contribution >= 4 is 5.69 Å². The molecule has 2 N–H and O–H groups in total. The SMILES string of the molecule is CC1OCCC1NCCNc1ccccc1. The van der Waals surface area contributed by atoms with Crippen LogP contribution in [0.1, 0.15) is 13.3 Å². The minimum Gasteiger partial charge on any atom is -0.384 e. The molecule has 0 aliphatic carbocycles. The van der Waals surface area contributed by atoms with Gasteiger partial charge in [0.15, 0.2) is 0 Å². The van der Waals surface area contributed by atoms with E-state index in [1.165, 1.54) is 5.69 Å². The van der Waals surface area contributed by atoms with Gasteiger partial charge in [0.1, 0.15) is 0 Å². The normalized spacial score (nSPS) is 24.6. The number of hydrogen-bond donors (Lipinski definition) is 2. The van der Waals surface area contributed by atoms with Crippen molar-refractivity contribution in [1.29, 1.82) is 0 Å². The fourth-order valence-corrected chi connectivity index (χ4v) is 2.02. The van der Waals surface area contributed by atoms with E-state index in [4.69, 9.17) is 4.74 Å². The Labute approximate surface area is 97.2 Å². The minimum absolute atomic E-state index is 0.358. The number of benzene rings is 1. The first-order valence-corrected chi connectivity index (χ1v) is 6.00. The van der Waals surface area contributed by atoms with E-state index in [9.17, 15) is 0 Å². The molecule has 2 atom stereocenters. The first-order valence-electron chi connectivity index (χ1n) is 6.00. The number of para-hydroxylation sites is 1. The average molecular weight is 220 g/mol. The summed E-state index contributed by atoms with van der Waals surface area (Å²) in [6.07, 6.45) is 1.49. The fourth-order valence-electron chi connectivity index (χ4n) is 2.02. The lowest BCUT2D eigenvalue weighted by Crippen LogP contribution is -2.37. The summed E-state index contributed by atoms with van der Waals surface area (Å²) in [7, 11) is 0. The lowest BCUT2D eigenvalue weighted by atomic mass is 10.1. The lowest BCUT2D eigenvalue weighted by Gasteiger charge is -2.16. The molecule has 0 saturated carbocycles. The lowest BCUT2D eigenvalue weighted by molar-refractivity contribution is 0.113. The van der Waals surface area contributed by atoms with E-state index in [1.807, 2.05) is 18.2 Å². The van der Waals surface area contributed by atoms with Gasteiger partial charge in [-0.1, -0.05) is 18.2 Å². The van der Waals surface area contributed by atoms with Crippen LogP contribution in [0.15, 0.2) is 30.3 Å². The minimum atomic E-state index is 0.358. The van der Waals surface area contributed by atoms with Gasteiger partial charge in [0.25, 0.3) is 0 Å². The zero-order valence-electron chi connectivity index (χ0n) is 9.78. The van der Waals surface area contributed by atoms with Gasteiger partial charge in [0.05, 0.1) is 6.10 Å². The summed E-state index contributed by atoms with van der Waals surface area (Å²) >= 11 is 0. The number of anilines is 1. The van der Waals surface area contributed by atoms with E-state index in [1.54, 1.807) is 0 Å². The summed E-state index contributed by atoms with van der Waals surface area (Å²) in [6.45, 7) is 4.96. The van der Waals surface area contributed by atoms with Crippen LogP contribution in [0.5, 0.6) is 0 Å². The first kappa shape index (κ1) is 11.4. The number of rotatable bonds is 5. The Morgan fingerprint density at radius 2 is 2.06 bits per heavy atom. The molecule has 3 heteroatoms.